The summed E-state index contributed by atoms with van der Waals surface area (Å²) in [6, 6.07) is 2.88. The van der Waals surface area contributed by atoms with Crippen LogP contribution in [0, 0.1) is 0 Å². The van der Waals surface area contributed by atoms with Crippen LogP contribution in [-0.4, -0.2) is 15.5 Å². The molecular weight excluding hydrogens is 170 g/mol. The van der Waals surface area contributed by atoms with E-state index < -0.39 is 0 Å². The summed E-state index contributed by atoms with van der Waals surface area (Å²) in [7, 11) is 0. The van der Waals surface area contributed by atoms with Gasteiger partial charge in [-0.1, -0.05) is 27.7 Å². The van der Waals surface area contributed by atoms with Gasteiger partial charge in [0.1, 0.15) is 5.82 Å². The van der Waals surface area contributed by atoms with Crippen LogP contribution in [0.5, 0.6) is 5.88 Å². The van der Waals surface area contributed by atoms with Crippen LogP contribution in [-0.2, 0) is 0 Å². The van der Waals surface area contributed by atoms with Crippen molar-refractivity contribution in [2.75, 3.05) is 5.73 Å². The highest BCUT2D eigenvalue weighted by molar-refractivity contribution is 5.26. The summed E-state index contributed by atoms with van der Waals surface area (Å²) in [4.78, 5) is 3.74. The standard InChI is InChI=1S/C4H5N3O2.2C2H6/c5-3-1-2-4(9-8)7-6-3;2*1-2/h1-2,8H,(H2,5,6);2*1-2H3. The predicted octanol–water partition coefficient (Wildman–Crippen LogP) is 1.96. The van der Waals surface area contributed by atoms with Gasteiger partial charge in [-0.25, -0.2) is 5.26 Å². The molecule has 0 saturated heterocycles. The Morgan fingerprint density at radius 2 is 1.69 bits per heavy atom. The second kappa shape index (κ2) is 10.6. The van der Waals surface area contributed by atoms with Gasteiger partial charge in [-0.05, 0) is 6.07 Å². The number of nitrogen functional groups attached to an aromatic ring is 1. The zero-order chi connectivity index (χ0) is 10.7. The molecule has 0 aromatic carbocycles. The molecule has 1 heterocycles. The Kier molecular flexibility index (Phi) is 11.6. The molecule has 0 unspecified atom stereocenters. The Morgan fingerprint density at radius 3 is 2.00 bits per heavy atom. The molecule has 5 heteroatoms. The Bertz CT molecular complexity index is 189. The van der Waals surface area contributed by atoms with Crippen molar-refractivity contribution in [2.45, 2.75) is 27.7 Å². The maximum Gasteiger partial charge on any atom is 0.274 e. The molecule has 0 atom stereocenters. The number of hydrogen-bond donors (Lipinski definition) is 2. The van der Waals surface area contributed by atoms with Crippen molar-refractivity contribution in [3.8, 4) is 5.88 Å². The topological polar surface area (TPSA) is 81.3 Å². The van der Waals surface area contributed by atoms with Crippen LogP contribution in [0.1, 0.15) is 27.7 Å². The number of nitrogens with two attached hydrogens (primary N) is 1. The van der Waals surface area contributed by atoms with E-state index >= 15 is 0 Å². The molecule has 0 bridgehead atoms. The van der Waals surface area contributed by atoms with E-state index in [0.717, 1.165) is 0 Å². The van der Waals surface area contributed by atoms with Crippen LogP contribution in [0.2, 0.25) is 0 Å². The molecule has 1 rings (SSSR count). The molecule has 0 saturated carbocycles. The van der Waals surface area contributed by atoms with Crippen molar-refractivity contribution in [3.05, 3.63) is 12.1 Å². The first-order valence-corrected chi connectivity index (χ1v) is 4.23. The molecular formula is C8H17N3O2. The SMILES string of the molecule is CC.CC.Nc1ccc(OO)nn1. The third kappa shape index (κ3) is 7.02. The Labute approximate surface area is 78.5 Å². The molecule has 0 aliphatic rings. The molecule has 0 amide bonds. The van der Waals surface area contributed by atoms with Gasteiger partial charge < -0.3 is 10.6 Å². The van der Waals surface area contributed by atoms with Gasteiger partial charge in [0, 0.05) is 6.07 Å². The van der Waals surface area contributed by atoms with Crippen molar-refractivity contribution < 1.29 is 10.1 Å². The van der Waals surface area contributed by atoms with Crippen LogP contribution >= 0.6 is 0 Å². The Balaban J connectivity index is 0. The summed E-state index contributed by atoms with van der Waals surface area (Å²) in [6.07, 6.45) is 0. The van der Waals surface area contributed by atoms with E-state index in [1.54, 1.807) is 0 Å². The van der Waals surface area contributed by atoms with E-state index in [2.05, 4.69) is 15.1 Å². The first kappa shape index (κ1) is 14.2. The zero-order valence-corrected chi connectivity index (χ0v) is 8.48. The summed E-state index contributed by atoms with van der Waals surface area (Å²) in [5.41, 5.74) is 5.17. The second-order valence-electron chi connectivity index (χ2n) is 1.39. The molecule has 0 aliphatic heterocycles. The normalized spacial score (nSPS) is 7.15. The molecule has 1 aromatic heterocycles. The lowest BCUT2D eigenvalue weighted by molar-refractivity contribution is -0.142. The lowest BCUT2D eigenvalue weighted by Gasteiger charge is -1.91. The highest BCUT2D eigenvalue weighted by Gasteiger charge is 1.91. The minimum absolute atomic E-state index is 0.0317. The average molecular weight is 187 g/mol. The molecule has 0 aliphatic carbocycles. The van der Waals surface area contributed by atoms with E-state index in [1.807, 2.05) is 27.7 Å². The van der Waals surface area contributed by atoms with Crippen LogP contribution in [0.4, 0.5) is 5.82 Å². The molecule has 5 nitrogen and oxygen atoms in total. The summed E-state index contributed by atoms with van der Waals surface area (Å²) in [5, 5.41) is 14.7. The quantitative estimate of drug-likeness (QED) is 0.519. The van der Waals surface area contributed by atoms with Gasteiger partial charge in [0.2, 0.25) is 0 Å². The van der Waals surface area contributed by atoms with Crippen molar-refractivity contribution in [1.29, 1.82) is 0 Å². The molecule has 0 spiro atoms. The predicted molar refractivity (Wildman–Crippen MR) is 52.4 cm³/mol. The fraction of sp³-hybridized carbons (Fsp3) is 0.500. The fourth-order valence-corrected chi connectivity index (χ4v) is 0.379. The summed E-state index contributed by atoms with van der Waals surface area (Å²) >= 11 is 0. The second-order valence-corrected chi connectivity index (χ2v) is 1.39. The van der Waals surface area contributed by atoms with Gasteiger partial charge in [0.25, 0.3) is 5.88 Å². The highest BCUT2D eigenvalue weighted by Crippen LogP contribution is 2.02. The molecule has 0 fully saturated rings. The van der Waals surface area contributed by atoms with Gasteiger partial charge in [-0.15, -0.1) is 10.2 Å². The van der Waals surface area contributed by atoms with Crippen LogP contribution in [0.15, 0.2) is 12.1 Å². The van der Waals surface area contributed by atoms with Crippen molar-refractivity contribution in [2.24, 2.45) is 0 Å². The number of aromatic nitrogens is 2. The fourth-order valence-electron chi connectivity index (χ4n) is 0.379. The smallest absolute Gasteiger partial charge is 0.274 e. The first-order valence-electron chi connectivity index (χ1n) is 4.23. The molecule has 76 valence electrons. The molecule has 13 heavy (non-hydrogen) atoms. The van der Waals surface area contributed by atoms with Gasteiger partial charge in [0.05, 0.1) is 0 Å². The summed E-state index contributed by atoms with van der Waals surface area (Å²) in [6.45, 7) is 8.00. The van der Waals surface area contributed by atoms with E-state index in [4.69, 9.17) is 11.0 Å². The summed E-state index contributed by atoms with van der Waals surface area (Å²) in [5.74, 6) is 0.319. The van der Waals surface area contributed by atoms with Gasteiger partial charge in [-0.3, -0.25) is 0 Å². The lowest BCUT2D eigenvalue weighted by atomic mass is 10.5. The molecule has 3 N–H and O–H groups in total. The zero-order valence-electron chi connectivity index (χ0n) is 8.48. The number of nitrogens with zero attached hydrogens (tertiary/aromatic N) is 2. The van der Waals surface area contributed by atoms with Gasteiger partial charge in [-0.2, -0.15) is 0 Å². The van der Waals surface area contributed by atoms with E-state index in [1.165, 1.54) is 12.1 Å². The first-order chi connectivity index (χ1) is 6.33. The van der Waals surface area contributed by atoms with Crippen molar-refractivity contribution in [3.63, 3.8) is 0 Å². The third-order valence-electron chi connectivity index (χ3n) is 0.754. The van der Waals surface area contributed by atoms with Crippen molar-refractivity contribution >= 4 is 5.82 Å². The van der Waals surface area contributed by atoms with E-state index in [0.29, 0.717) is 0 Å². The number of anilines is 1. The van der Waals surface area contributed by atoms with E-state index in [9.17, 15) is 0 Å². The minimum atomic E-state index is 0.0317. The third-order valence-corrected chi connectivity index (χ3v) is 0.754. The summed E-state index contributed by atoms with van der Waals surface area (Å²) < 4.78 is 0. The number of hydrogen-bond acceptors (Lipinski definition) is 5. The van der Waals surface area contributed by atoms with Crippen LogP contribution in [0.3, 0.4) is 0 Å². The average Bonchev–Trinajstić information content (AvgIpc) is 2.25. The van der Waals surface area contributed by atoms with Gasteiger partial charge in [0.15, 0.2) is 0 Å². The maximum atomic E-state index is 7.99. The maximum absolute atomic E-state index is 7.99. The number of rotatable bonds is 1. The Morgan fingerprint density at radius 1 is 1.15 bits per heavy atom. The van der Waals surface area contributed by atoms with Crippen LogP contribution < -0.4 is 10.6 Å². The highest BCUT2D eigenvalue weighted by atomic mass is 17.1. The lowest BCUT2D eigenvalue weighted by Crippen LogP contribution is -1.94. The largest absolute Gasteiger partial charge is 0.382 e. The molecule has 0 radical (unpaired) electrons. The van der Waals surface area contributed by atoms with Crippen LogP contribution in [0.25, 0.3) is 0 Å². The minimum Gasteiger partial charge on any atom is -0.382 e. The molecule has 1 aromatic rings. The Hall–Kier alpha value is -1.36. The van der Waals surface area contributed by atoms with Crippen molar-refractivity contribution in [1.82, 2.24) is 10.2 Å². The van der Waals surface area contributed by atoms with E-state index in [-0.39, 0.29) is 11.7 Å². The monoisotopic (exact) mass is 187 g/mol. The van der Waals surface area contributed by atoms with Gasteiger partial charge >= 0.3 is 0 Å².